The Morgan fingerprint density at radius 3 is 2.45 bits per heavy atom. The zero-order valence-corrected chi connectivity index (χ0v) is 16.2. The van der Waals surface area contributed by atoms with Crippen LogP contribution in [0.2, 0.25) is 0 Å². The van der Waals surface area contributed by atoms with Gasteiger partial charge < -0.3 is 0 Å². The summed E-state index contributed by atoms with van der Waals surface area (Å²) in [4.78, 5) is 12.4. The first kappa shape index (κ1) is 17.5. The van der Waals surface area contributed by atoms with Crippen molar-refractivity contribution in [3.05, 3.63) is 65.0 Å². The molecule has 111 valence electrons. The van der Waals surface area contributed by atoms with E-state index in [2.05, 4.69) is 44.3 Å². The van der Waals surface area contributed by atoms with Crippen molar-refractivity contribution in [3.8, 4) is 0 Å². The minimum atomic E-state index is 0. The van der Waals surface area contributed by atoms with Crippen LogP contribution < -0.4 is 4.57 Å². The smallest absolute Gasteiger partial charge is 0.206 e. The summed E-state index contributed by atoms with van der Waals surface area (Å²) in [5.41, 5.74) is 4.97. The minimum absolute atomic E-state index is 0. The Kier molecular flexibility index (Phi) is 6.05. The monoisotopic (exact) mass is 369 g/mol. The molecule has 0 bridgehead atoms. The van der Waals surface area contributed by atoms with Crippen LogP contribution in [0.15, 0.2) is 42.7 Å². The van der Waals surface area contributed by atoms with E-state index >= 15 is 0 Å². The molecule has 0 N–H and O–H groups in total. The summed E-state index contributed by atoms with van der Waals surface area (Å²) in [5.74, 6) is 0.997. The maximum atomic E-state index is 12.4. The zero-order chi connectivity index (χ0) is 14.8. The van der Waals surface area contributed by atoms with Crippen molar-refractivity contribution >= 4 is 5.78 Å². The number of carbonyl (C=O) groups excluding carboxylic acids is 1. The molecule has 1 aromatic heterocycles. The number of rotatable bonds is 5. The maximum absolute atomic E-state index is 12.4. The van der Waals surface area contributed by atoms with Gasteiger partial charge in [0.2, 0.25) is 12.3 Å². The van der Waals surface area contributed by atoms with Crippen molar-refractivity contribution in [2.45, 2.75) is 45.6 Å². The van der Waals surface area contributed by atoms with Gasteiger partial charge in [-0.3, -0.25) is 4.79 Å². The van der Waals surface area contributed by atoms with Gasteiger partial charge in [0.05, 0.1) is 0 Å². The first-order chi connectivity index (χ1) is 10.1. The molecule has 0 amide bonds. The quantitative estimate of drug-likeness (QED) is 0.741. The molecule has 2 aromatic rings. The topological polar surface area (TPSA) is 20.9 Å². The summed E-state index contributed by atoms with van der Waals surface area (Å²) < 4.78 is 2.03. The van der Waals surface area contributed by atoms with Gasteiger partial charge >= 0.3 is 0 Å². The van der Waals surface area contributed by atoms with Crippen molar-refractivity contribution < 1.29 is 42.1 Å². The predicted octanol–water partition coefficient (Wildman–Crippen LogP) is 3.28. The molecule has 1 fully saturated rings. The van der Waals surface area contributed by atoms with Crippen LogP contribution in [0.4, 0.5) is 0 Å². The Bertz CT molecular complexity index is 657. The number of aryl methyl sites for hydroxylation is 2. The van der Waals surface area contributed by atoms with Gasteiger partial charge in [-0.2, -0.15) is 4.57 Å². The van der Waals surface area contributed by atoms with E-state index in [0.29, 0.717) is 13.0 Å². The molecule has 0 unspecified atom stereocenters. The first-order valence-electron chi connectivity index (χ1n) is 7.69. The molecule has 2 nitrogen and oxygen atoms in total. The van der Waals surface area contributed by atoms with Crippen LogP contribution in [0.3, 0.4) is 0 Å². The van der Waals surface area contributed by atoms with Crippen molar-refractivity contribution in [2.75, 3.05) is 0 Å². The van der Waals surface area contributed by atoms with Gasteiger partial charge in [-0.05, 0) is 55.4 Å². The largest absolute Gasteiger partial charge is 0.292 e. The summed E-state index contributed by atoms with van der Waals surface area (Å²) >= 11 is 0. The predicted molar refractivity (Wildman–Crippen MR) is 83.2 cm³/mol. The van der Waals surface area contributed by atoms with E-state index in [1.54, 1.807) is 0 Å². The average molecular weight is 369 g/mol. The molecule has 1 heterocycles. The van der Waals surface area contributed by atoms with E-state index in [1.165, 1.54) is 35.1 Å². The molecular formula is C19H22NOY+. The third kappa shape index (κ3) is 4.33. The van der Waals surface area contributed by atoms with E-state index in [1.807, 2.05) is 16.8 Å². The van der Waals surface area contributed by atoms with Crippen molar-refractivity contribution in [3.63, 3.8) is 0 Å². The van der Waals surface area contributed by atoms with E-state index in [-0.39, 0.29) is 38.5 Å². The van der Waals surface area contributed by atoms with Crippen LogP contribution >= 0.6 is 0 Å². The van der Waals surface area contributed by atoms with Crippen molar-refractivity contribution in [1.82, 2.24) is 0 Å². The molecule has 0 aliphatic heterocycles. The number of hydrogen-bond donors (Lipinski definition) is 0. The van der Waals surface area contributed by atoms with Gasteiger partial charge in [0.15, 0.2) is 12.4 Å². The van der Waals surface area contributed by atoms with E-state index in [9.17, 15) is 4.79 Å². The van der Waals surface area contributed by atoms with Crippen molar-refractivity contribution in [2.24, 2.45) is 0 Å². The Hall–Kier alpha value is -0.856. The molecule has 1 radical (unpaired) electrons. The number of Topliss-reactive ketones (excluding diaryl/α,β-unsaturated/α-hetero) is 1. The van der Waals surface area contributed by atoms with Gasteiger partial charge in [0.25, 0.3) is 0 Å². The molecule has 1 saturated carbocycles. The molecule has 0 saturated heterocycles. The number of nitrogens with zero attached hydrogens (tertiary/aromatic N) is 1. The third-order valence-electron chi connectivity index (χ3n) is 4.31. The summed E-state index contributed by atoms with van der Waals surface area (Å²) in [7, 11) is 0. The molecule has 1 aliphatic carbocycles. The number of carbonyl (C=O) groups is 1. The average Bonchev–Trinajstić information content (AvgIpc) is 3.28. The fourth-order valence-corrected chi connectivity index (χ4v) is 2.88. The molecule has 22 heavy (non-hydrogen) atoms. The normalized spacial score (nSPS) is 13.5. The number of aromatic nitrogens is 1. The van der Waals surface area contributed by atoms with Crippen LogP contribution in [-0.2, 0) is 50.5 Å². The summed E-state index contributed by atoms with van der Waals surface area (Å²) in [6.07, 6.45) is 7.24. The van der Waals surface area contributed by atoms with Crippen LogP contribution in [0.5, 0.6) is 0 Å². The van der Waals surface area contributed by atoms with Gasteiger partial charge in [0, 0.05) is 50.8 Å². The summed E-state index contributed by atoms with van der Waals surface area (Å²) in [6, 6.07) is 10.4. The molecule has 3 heteroatoms. The van der Waals surface area contributed by atoms with Crippen molar-refractivity contribution in [1.29, 1.82) is 0 Å². The van der Waals surface area contributed by atoms with Gasteiger partial charge in [0.1, 0.15) is 0 Å². The molecule has 0 atom stereocenters. The minimum Gasteiger partial charge on any atom is -0.292 e. The van der Waals surface area contributed by atoms with Gasteiger partial charge in [-0.15, -0.1) is 0 Å². The SMILES string of the molecule is Cc1cccc(C)c1CC(=O)C[n+]1cccc(C2CC2)c1.[Y]. The first-order valence-corrected chi connectivity index (χ1v) is 7.69. The Morgan fingerprint density at radius 1 is 1.14 bits per heavy atom. The molecule has 3 rings (SSSR count). The van der Waals surface area contributed by atoms with Crippen LogP contribution in [0, 0.1) is 13.8 Å². The molecule has 1 aromatic carbocycles. The zero-order valence-electron chi connectivity index (χ0n) is 13.4. The summed E-state index contributed by atoms with van der Waals surface area (Å²) in [6.45, 7) is 4.63. The van der Waals surface area contributed by atoms with E-state index in [4.69, 9.17) is 0 Å². The molecule has 0 spiro atoms. The number of pyridine rings is 1. The molecule has 1 aliphatic rings. The van der Waals surface area contributed by atoms with Crippen LogP contribution in [-0.4, -0.2) is 5.78 Å². The van der Waals surface area contributed by atoms with Gasteiger partial charge in [-0.1, -0.05) is 18.2 Å². The maximum Gasteiger partial charge on any atom is 0.206 e. The second kappa shape index (κ2) is 7.61. The van der Waals surface area contributed by atoms with Crippen LogP contribution in [0.1, 0.15) is 41.0 Å². The Morgan fingerprint density at radius 2 is 1.82 bits per heavy atom. The van der Waals surface area contributed by atoms with Crippen LogP contribution in [0.25, 0.3) is 0 Å². The van der Waals surface area contributed by atoms with E-state index in [0.717, 1.165) is 5.92 Å². The second-order valence-corrected chi connectivity index (χ2v) is 6.17. The Balaban J connectivity index is 0.00000176. The third-order valence-corrected chi connectivity index (χ3v) is 4.31. The fourth-order valence-electron chi connectivity index (χ4n) is 2.88. The fraction of sp³-hybridized carbons (Fsp3) is 0.368. The Labute approximate surface area is 157 Å². The number of hydrogen-bond acceptors (Lipinski definition) is 1. The standard InChI is InChI=1S/C19H22NO.Y/c1-14-5-3-6-15(2)19(14)11-18(21)13-20-10-4-7-17(12-20)16-8-9-16;/h3-7,10,12,16H,8-9,11,13H2,1-2H3;/q+1;. The summed E-state index contributed by atoms with van der Waals surface area (Å²) in [5, 5.41) is 0. The second-order valence-electron chi connectivity index (χ2n) is 6.17. The number of ketones is 1. The molecular weight excluding hydrogens is 347 g/mol. The van der Waals surface area contributed by atoms with E-state index < -0.39 is 0 Å². The number of benzene rings is 1. The van der Waals surface area contributed by atoms with Gasteiger partial charge in [-0.25, -0.2) is 0 Å².